The van der Waals surface area contributed by atoms with Crippen LogP contribution in [-0.4, -0.2) is 25.2 Å². The summed E-state index contributed by atoms with van der Waals surface area (Å²) in [5, 5.41) is 5.63. The van der Waals surface area contributed by atoms with Crippen LogP contribution in [0.1, 0.15) is 27.9 Å². The first-order valence-electron chi connectivity index (χ1n) is 10.3. The van der Waals surface area contributed by atoms with Crippen LogP contribution < -0.4 is 24.8 Å². The zero-order chi connectivity index (χ0) is 22.5. The van der Waals surface area contributed by atoms with E-state index < -0.39 is 0 Å². The van der Waals surface area contributed by atoms with Gasteiger partial charge in [0.25, 0.3) is 5.91 Å². The van der Waals surface area contributed by atoms with Gasteiger partial charge in [0.15, 0.2) is 11.5 Å². The summed E-state index contributed by atoms with van der Waals surface area (Å²) in [6.07, 6.45) is 0.158. The molecule has 1 heterocycles. The van der Waals surface area contributed by atoms with Crippen molar-refractivity contribution in [1.82, 2.24) is 0 Å². The molecule has 0 atom stereocenters. The molecular weight excluding hydrogens is 408 g/mol. The van der Waals surface area contributed by atoms with Gasteiger partial charge in [-0.3, -0.25) is 9.59 Å². The standard InChI is InChI=1S/C25H24N2O5/c1-16-7-9-21(17(2)13-16)30-12-11-24(28)27-20-6-4-3-5-19(20)25(29)26-18-8-10-22-23(14-18)32-15-31-22/h3-10,13-14H,11-12,15H2,1-2H3,(H,26,29)(H,27,28). The lowest BCUT2D eigenvalue weighted by Crippen LogP contribution is -2.19. The zero-order valence-corrected chi connectivity index (χ0v) is 17.9. The van der Waals surface area contributed by atoms with Crippen LogP contribution in [0.5, 0.6) is 17.2 Å². The number of benzene rings is 3. The van der Waals surface area contributed by atoms with Gasteiger partial charge in [0.1, 0.15) is 5.75 Å². The van der Waals surface area contributed by atoms with Gasteiger partial charge in [-0.25, -0.2) is 0 Å². The van der Waals surface area contributed by atoms with Gasteiger partial charge in [0.05, 0.1) is 24.3 Å². The highest BCUT2D eigenvalue weighted by molar-refractivity contribution is 6.10. The zero-order valence-electron chi connectivity index (χ0n) is 17.9. The Hall–Kier alpha value is -4.00. The maximum absolute atomic E-state index is 12.8. The maximum atomic E-state index is 12.8. The second kappa shape index (κ2) is 9.43. The molecule has 0 spiro atoms. The molecule has 4 rings (SSSR count). The highest BCUT2D eigenvalue weighted by Gasteiger charge is 2.17. The molecule has 2 amide bonds. The molecule has 1 aliphatic rings. The number of rotatable bonds is 7. The van der Waals surface area contributed by atoms with E-state index in [2.05, 4.69) is 10.6 Å². The molecule has 7 nitrogen and oxygen atoms in total. The van der Waals surface area contributed by atoms with Crippen molar-refractivity contribution < 1.29 is 23.8 Å². The number of ether oxygens (including phenoxy) is 3. The monoisotopic (exact) mass is 432 g/mol. The Kier molecular flexibility index (Phi) is 6.26. The maximum Gasteiger partial charge on any atom is 0.257 e. The highest BCUT2D eigenvalue weighted by atomic mass is 16.7. The number of fused-ring (bicyclic) bond motifs is 1. The Balaban J connectivity index is 1.36. The third-order valence-corrected chi connectivity index (χ3v) is 4.99. The van der Waals surface area contributed by atoms with Crippen LogP contribution in [0.15, 0.2) is 60.7 Å². The number of carbonyl (C=O) groups excluding carboxylic acids is 2. The summed E-state index contributed by atoms with van der Waals surface area (Å²) in [6.45, 7) is 4.39. The minimum atomic E-state index is -0.341. The van der Waals surface area contributed by atoms with Crippen molar-refractivity contribution in [1.29, 1.82) is 0 Å². The number of hydrogen-bond acceptors (Lipinski definition) is 5. The highest BCUT2D eigenvalue weighted by Crippen LogP contribution is 2.34. The van der Waals surface area contributed by atoms with Crippen molar-refractivity contribution >= 4 is 23.2 Å². The third kappa shape index (κ3) is 5.00. The molecular formula is C25H24N2O5. The summed E-state index contributed by atoms with van der Waals surface area (Å²) in [5.41, 5.74) is 3.54. The van der Waals surface area contributed by atoms with Crippen molar-refractivity contribution in [2.75, 3.05) is 24.0 Å². The lowest BCUT2D eigenvalue weighted by Gasteiger charge is -2.13. The molecule has 0 aliphatic carbocycles. The van der Waals surface area contributed by atoms with Crippen LogP contribution in [0.4, 0.5) is 11.4 Å². The lowest BCUT2D eigenvalue weighted by atomic mass is 10.1. The summed E-state index contributed by atoms with van der Waals surface area (Å²) < 4.78 is 16.4. The summed E-state index contributed by atoms with van der Waals surface area (Å²) in [7, 11) is 0. The minimum absolute atomic E-state index is 0.158. The summed E-state index contributed by atoms with van der Waals surface area (Å²) in [5.74, 6) is 1.39. The molecule has 1 aliphatic heterocycles. The summed E-state index contributed by atoms with van der Waals surface area (Å²) in [4.78, 5) is 25.3. The van der Waals surface area contributed by atoms with Crippen LogP contribution in [-0.2, 0) is 4.79 Å². The molecule has 0 unspecified atom stereocenters. The Labute approximate surface area is 186 Å². The van der Waals surface area contributed by atoms with E-state index >= 15 is 0 Å². The van der Waals surface area contributed by atoms with Crippen molar-refractivity contribution in [3.05, 3.63) is 77.4 Å². The van der Waals surface area contributed by atoms with E-state index in [1.807, 2.05) is 32.0 Å². The van der Waals surface area contributed by atoms with Gasteiger partial charge in [-0.1, -0.05) is 29.8 Å². The van der Waals surface area contributed by atoms with E-state index in [-0.39, 0.29) is 31.6 Å². The van der Waals surface area contributed by atoms with Crippen molar-refractivity contribution in [3.8, 4) is 17.2 Å². The first-order valence-corrected chi connectivity index (χ1v) is 10.3. The van der Waals surface area contributed by atoms with E-state index in [0.29, 0.717) is 28.4 Å². The van der Waals surface area contributed by atoms with Gasteiger partial charge in [0, 0.05) is 11.8 Å². The SMILES string of the molecule is Cc1ccc(OCCC(=O)Nc2ccccc2C(=O)Nc2ccc3c(c2)OCO3)c(C)c1. The number of anilines is 2. The lowest BCUT2D eigenvalue weighted by molar-refractivity contribution is -0.116. The van der Waals surface area contributed by atoms with Gasteiger partial charge in [0.2, 0.25) is 12.7 Å². The average molecular weight is 432 g/mol. The number of aryl methyl sites for hydroxylation is 2. The van der Waals surface area contributed by atoms with E-state index in [9.17, 15) is 9.59 Å². The predicted molar refractivity (Wildman–Crippen MR) is 122 cm³/mol. The first-order chi connectivity index (χ1) is 15.5. The molecule has 3 aromatic rings. The van der Waals surface area contributed by atoms with Gasteiger partial charge >= 0.3 is 0 Å². The fourth-order valence-electron chi connectivity index (χ4n) is 3.39. The van der Waals surface area contributed by atoms with E-state index in [1.54, 1.807) is 42.5 Å². The van der Waals surface area contributed by atoms with Gasteiger partial charge < -0.3 is 24.8 Å². The molecule has 0 radical (unpaired) electrons. The molecule has 0 saturated carbocycles. The fourth-order valence-corrected chi connectivity index (χ4v) is 3.39. The number of carbonyl (C=O) groups is 2. The molecule has 0 aromatic heterocycles. The normalized spacial score (nSPS) is 11.7. The summed E-state index contributed by atoms with van der Waals surface area (Å²) in [6, 6.07) is 17.9. The number of hydrogen-bond donors (Lipinski definition) is 2. The minimum Gasteiger partial charge on any atom is -0.493 e. The van der Waals surface area contributed by atoms with Crippen molar-refractivity contribution in [3.63, 3.8) is 0 Å². The molecule has 7 heteroatoms. The molecule has 3 aromatic carbocycles. The molecule has 0 fully saturated rings. The third-order valence-electron chi connectivity index (χ3n) is 4.99. The Morgan fingerprint density at radius 2 is 1.75 bits per heavy atom. The average Bonchev–Trinajstić information content (AvgIpc) is 3.23. The van der Waals surface area contributed by atoms with Crippen LogP contribution in [0.2, 0.25) is 0 Å². The van der Waals surface area contributed by atoms with Crippen LogP contribution in [0, 0.1) is 13.8 Å². The number of para-hydroxylation sites is 1. The molecule has 0 bridgehead atoms. The van der Waals surface area contributed by atoms with Crippen LogP contribution >= 0.6 is 0 Å². The Bertz CT molecular complexity index is 1160. The summed E-state index contributed by atoms with van der Waals surface area (Å²) >= 11 is 0. The topological polar surface area (TPSA) is 85.9 Å². The van der Waals surface area contributed by atoms with Gasteiger partial charge in [-0.05, 0) is 49.7 Å². The largest absolute Gasteiger partial charge is 0.493 e. The second-order valence-electron chi connectivity index (χ2n) is 7.48. The van der Waals surface area contributed by atoms with E-state index in [1.165, 1.54) is 0 Å². The number of nitrogens with one attached hydrogen (secondary N) is 2. The molecule has 164 valence electrons. The Morgan fingerprint density at radius 1 is 0.938 bits per heavy atom. The predicted octanol–water partition coefficient (Wildman–Crippen LogP) is 4.69. The van der Waals surface area contributed by atoms with Crippen LogP contribution in [0.3, 0.4) is 0 Å². The van der Waals surface area contributed by atoms with Crippen molar-refractivity contribution in [2.45, 2.75) is 20.3 Å². The van der Waals surface area contributed by atoms with Crippen LogP contribution in [0.25, 0.3) is 0 Å². The molecule has 32 heavy (non-hydrogen) atoms. The van der Waals surface area contributed by atoms with Gasteiger partial charge in [-0.15, -0.1) is 0 Å². The van der Waals surface area contributed by atoms with Gasteiger partial charge in [-0.2, -0.15) is 0 Å². The molecule has 0 saturated heterocycles. The molecule has 2 N–H and O–H groups in total. The fraction of sp³-hybridized carbons (Fsp3) is 0.200. The smallest absolute Gasteiger partial charge is 0.257 e. The van der Waals surface area contributed by atoms with E-state index in [0.717, 1.165) is 16.9 Å². The first kappa shape index (κ1) is 21.2. The number of amides is 2. The van der Waals surface area contributed by atoms with E-state index in [4.69, 9.17) is 14.2 Å². The Morgan fingerprint density at radius 3 is 2.59 bits per heavy atom. The van der Waals surface area contributed by atoms with Crippen molar-refractivity contribution in [2.24, 2.45) is 0 Å². The quantitative estimate of drug-likeness (QED) is 0.566. The second-order valence-corrected chi connectivity index (χ2v) is 7.48.